The van der Waals surface area contributed by atoms with E-state index < -0.39 is 0 Å². The van der Waals surface area contributed by atoms with Crippen molar-refractivity contribution in [3.05, 3.63) is 28.3 Å². The highest BCUT2D eigenvalue weighted by Crippen LogP contribution is 2.36. The Balaban J connectivity index is 2.29. The fourth-order valence-corrected chi connectivity index (χ4v) is 3.14. The van der Waals surface area contributed by atoms with Gasteiger partial charge < -0.3 is 10.6 Å². The van der Waals surface area contributed by atoms with Gasteiger partial charge in [0.15, 0.2) is 0 Å². The van der Waals surface area contributed by atoms with E-state index in [1.54, 1.807) is 0 Å². The van der Waals surface area contributed by atoms with E-state index in [2.05, 4.69) is 38.7 Å². The molecule has 0 amide bonds. The Bertz CT molecular complexity index is 431. The van der Waals surface area contributed by atoms with Crippen LogP contribution in [0.1, 0.15) is 31.4 Å². The molecule has 0 saturated carbocycles. The molecule has 1 heterocycles. The van der Waals surface area contributed by atoms with Gasteiger partial charge in [0.25, 0.3) is 0 Å². The number of hydrogen-bond donors (Lipinski definition) is 1. The molecule has 2 nitrogen and oxygen atoms in total. The maximum absolute atomic E-state index is 6.40. The molecule has 1 fully saturated rings. The minimum Gasteiger partial charge on any atom is -0.369 e. The Morgan fingerprint density at radius 1 is 1.33 bits per heavy atom. The molecular formula is C15H23ClN2. The van der Waals surface area contributed by atoms with Gasteiger partial charge in [-0.3, -0.25) is 0 Å². The van der Waals surface area contributed by atoms with Gasteiger partial charge in [0.05, 0.1) is 10.7 Å². The molecule has 0 aliphatic carbocycles. The quantitative estimate of drug-likeness (QED) is 0.843. The number of anilines is 1. The van der Waals surface area contributed by atoms with Gasteiger partial charge in [-0.05, 0) is 42.9 Å². The molecule has 2 N–H and O–H groups in total. The third-order valence-electron chi connectivity index (χ3n) is 4.16. The lowest BCUT2D eigenvalue weighted by atomic mass is 9.78. The van der Waals surface area contributed by atoms with E-state index in [0.29, 0.717) is 0 Å². The van der Waals surface area contributed by atoms with Crippen molar-refractivity contribution in [2.24, 2.45) is 11.1 Å². The summed E-state index contributed by atoms with van der Waals surface area (Å²) in [6.07, 6.45) is 1.11. The van der Waals surface area contributed by atoms with Crippen molar-refractivity contribution in [2.75, 3.05) is 18.0 Å². The molecule has 18 heavy (non-hydrogen) atoms. The standard InChI is InChI=1S/C15H23ClN2/c1-10-7-11(2)14(12(16)8-10)18-6-5-15(3,4)13(17)9-18/h7-8,13H,5-6,9,17H2,1-4H3. The number of aryl methyl sites for hydroxylation is 2. The fourth-order valence-electron chi connectivity index (χ4n) is 2.70. The van der Waals surface area contributed by atoms with Gasteiger partial charge in [-0.25, -0.2) is 0 Å². The van der Waals surface area contributed by atoms with Crippen LogP contribution >= 0.6 is 11.6 Å². The maximum Gasteiger partial charge on any atom is 0.0644 e. The van der Waals surface area contributed by atoms with Gasteiger partial charge in [0.1, 0.15) is 0 Å². The van der Waals surface area contributed by atoms with E-state index in [1.165, 1.54) is 11.1 Å². The molecule has 0 aromatic heterocycles. The molecule has 0 bridgehead atoms. The molecule has 1 aliphatic heterocycles. The highest BCUT2D eigenvalue weighted by molar-refractivity contribution is 6.33. The van der Waals surface area contributed by atoms with E-state index in [9.17, 15) is 0 Å². The minimum atomic E-state index is 0.197. The third kappa shape index (κ3) is 2.50. The molecule has 1 unspecified atom stereocenters. The van der Waals surface area contributed by atoms with Crippen molar-refractivity contribution >= 4 is 17.3 Å². The third-order valence-corrected chi connectivity index (χ3v) is 4.45. The lowest BCUT2D eigenvalue weighted by Gasteiger charge is -2.43. The second kappa shape index (κ2) is 4.75. The number of rotatable bonds is 1. The predicted molar refractivity (Wildman–Crippen MR) is 79.5 cm³/mol. The van der Waals surface area contributed by atoms with Crippen molar-refractivity contribution in [1.82, 2.24) is 0 Å². The molecule has 1 saturated heterocycles. The number of hydrogen-bond acceptors (Lipinski definition) is 2. The van der Waals surface area contributed by atoms with Crippen LogP contribution < -0.4 is 10.6 Å². The van der Waals surface area contributed by atoms with Gasteiger partial charge >= 0.3 is 0 Å². The summed E-state index contributed by atoms with van der Waals surface area (Å²) >= 11 is 6.40. The summed E-state index contributed by atoms with van der Waals surface area (Å²) in [5, 5.41) is 0.847. The van der Waals surface area contributed by atoms with Crippen LogP contribution in [0.3, 0.4) is 0 Å². The highest BCUT2D eigenvalue weighted by Gasteiger charge is 2.33. The smallest absolute Gasteiger partial charge is 0.0644 e. The van der Waals surface area contributed by atoms with Gasteiger partial charge in [-0.15, -0.1) is 0 Å². The SMILES string of the molecule is Cc1cc(C)c(N2CCC(C)(C)C(N)C2)c(Cl)c1. The summed E-state index contributed by atoms with van der Waals surface area (Å²) in [7, 11) is 0. The molecule has 3 heteroatoms. The summed E-state index contributed by atoms with van der Waals surface area (Å²) < 4.78 is 0. The van der Waals surface area contributed by atoms with Crippen LogP contribution in [-0.4, -0.2) is 19.1 Å². The van der Waals surface area contributed by atoms with Crippen molar-refractivity contribution in [3.63, 3.8) is 0 Å². The Kier molecular flexibility index (Phi) is 3.61. The zero-order valence-corrected chi connectivity index (χ0v) is 12.5. The Hall–Kier alpha value is -0.730. The van der Waals surface area contributed by atoms with Crippen LogP contribution in [-0.2, 0) is 0 Å². The second-order valence-electron chi connectivity index (χ2n) is 6.20. The number of piperidine rings is 1. The lowest BCUT2D eigenvalue weighted by molar-refractivity contribution is 0.235. The molecule has 0 spiro atoms. The van der Waals surface area contributed by atoms with E-state index in [-0.39, 0.29) is 11.5 Å². The Labute approximate surface area is 115 Å². The van der Waals surface area contributed by atoms with E-state index in [0.717, 1.165) is 30.2 Å². The van der Waals surface area contributed by atoms with Crippen LogP contribution in [0.4, 0.5) is 5.69 Å². The number of nitrogens with two attached hydrogens (primary N) is 1. The average molecular weight is 267 g/mol. The Morgan fingerprint density at radius 3 is 2.56 bits per heavy atom. The van der Waals surface area contributed by atoms with Crippen LogP contribution in [0.5, 0.6) is 0 Å². The fraction of sp³-hybridized carbons (Fsp3) is 0.600. The summed E-state index contributed by atoms with van der Waals surface area (Å²) in [6.45, 7) is 10.6. The number of halogens is 1. The number of benzene rings is 1. The zero-order chi connectivity index (χ0) is 13.5. The maximum atomic E-state index is 6.40. The molecule has 2 rings (SSSR count). The summed E-state index contributed by atoms with van der Waals surface area (Å²) in [5.74, 6) is 0. The molecule has 1 atom stereocenters. The van der Waals surface area contributed by atoms with E-state index in [4.69, 9.17) is 17.3 Å². The molecule has 1 aromatic carbocycles. The number of nitrogens with zero attached hydrogens (tertiary/aromatic N) is 1. The largest absolute Gasteiger partial charge is 0.369 e. The molecular weight excluding hydrogens is 244 g/mol. The van der Waals surface area contributed by atoms with Gasteiger partial charge in [0.2, 0.25) is 0 Å². The molecule has 0 radical (unpaired) electrons. The Morgan fingerprint density at radius 2 is 2.00 bits per heavy atom. The molecule has 1 aromatic rings. The molecule has 100 valence electrons. The first-order chi connectivity index (χ1) is 8.31. The summed E-state index contributed by atoms with van der Waals surface area (Å²) in [6, 6.07) is 4.42. The monoisotopic (exact) mass is 266 g/mol. The van der Waals surface area contributed by atoms with Gasteiger partial charge in [0, 0.05) is 19.1 Å². The van der Waals surface area contributed by atoms with Crippen LogP contribution in [0.15, 0.2) is 12.1 Å². The van der Waals surface area contributed by atoms with Crippen LogP contribution in [0, 0.1) is 19.3 Å². The van der Waals surface area contributed by atoms with Crippen LogP contribution in [0.25, 0.3) is 0 Å². The van der Waals surface area contributed by atoms with Crippen molar-refractivity contribution < 1.29 is 0 Å². The first-order valence-electron chi connectivity index (χ1n) is 6.58. The average Bonchev–Trinajstić information content (AvgIpc) is 2.22. The second-order valence-corrected chi connectivity index (χ2v) is 6.61. The summed E-state index contributed by atoms with van der Waals surface area (Å²) in [4.78, 5) is 2.34. The molecule has 1 aliphatic rings. The van der Waals surface area contributed by atoms with Crippen LogP contribution in [0.2, 0.25) is 5.02 Å². The minimum absolute atomic E-state index is 0.197. The first-order valence-corrected chi connectivity index (χ1v) is 6.96. The zero-order valence-electron chi connectivity index (χ0n) is 11.8. The highest BCUT2D eigenvalue weighted by atomic mass is 35.5. The normalized spacial score (nSPS) is 23.2. The van der Waals surface area contributed by atoms with Gasteiger partial charge in [-0.1, -0.05) is 31.5 Å². The van der Waals surface area contributed by atoms with E-state index in [1.807, 2.05) is 6.07 Å². The topological polar surface area (TPSA) is 29.3 Å². The van der Waals surface area contributed by atoms with Gasteiger partial charge in [-0.2, -0.15) is 0 Å². The van der Waals surface area contributed by atoms with E-state index >= 15 is 0 Å². The lowest BCUT2D eigenvalue weighted by Crippen LogP contribution is -2.53. The summed E-state index contributed by atoms with van der Waals surface area (Å²) in [5.41, 5.74) is 10.1. The predicted octanol–water partition coefficient (Wildman–Crippen LogP) is 3.52. The van der Waals surface area contributed by atoms with Crippen molar-refractivity contribution in [3.8, 4) is 0 Å². The first kappa shape index (κ1) is 13.7. The van der Waals surface area contributed by atoms with Crippen molar-refractivity contribution in [2.45, 2.75) is 40.2 Å². The van der Waals surface area contributed by atoms with Crippen molar-refractivity contribution in [1.29, 1.82) is 0 Å².